The summed E-state index contributed by atoms with van der Waals surface area (Å²) in [6.45, 7) is 3.50. The molecule has 3 N–H and O–H groups in total. The molecule has 0 fully saturated rings. The number of phenolic OH excluding ortho intramolecular Hbond substituents is 1. The summed E-state index contributed by atoms with van der Waals surface area (Å²) >= 11 is 0. The molecule has 0 saturated carbocycles. The molecular formula is C11H12N4O2. The minimum Gasteiger partial charge on any atom is -0.508 e. The van der Waals surface area contributed by atoms with Gasteiger partial charge in [-0.1, -0.05) is 6.07 Å². The minimum atomic E-state index is -0.362. The molecule has 0 atom stereocenters. The van der Waals surface area contributed by atoms with Gasteiger partial charge in [0.2, 0.25) is 5.95 Å². The van der Waals surface area contributed by atoms with Gasteiger partial charge in [0.25, 0.3) is 5.91 Å². The number of aromatic nitrogens is 3. The second-order valence-corrected chi connectivity index (χ2v) is 3.70. The molecular weight excluding hydrogens is 220 g/mol. The van der Waals surface area contributed by atoms with E-state index < -0.39 is 0 Å². The number of phenols is 1. The zero-order chi connectivity index (χ0) is 12.4. The first kappa shape index (κ1) is 11.1. The van der Waals surface area contributed by atoms with Crippen LogP contribution < -0.4 is 5.32 Å². The van der Waals surface area contributed by atoms with Crippen molar-refractivity contribution < 1.29 is 9.90 Å². The van der Waals surface area contributed by atoms with Crippen molar-refractivity contribution in [2.45, 2.75) is 13.8 Å². The second kappa shape index (κ2) is 4.25. The summed E-state index contributed by atoms with van der Waals surface area (Å²) in [5.41, 5.74) is 1.07. The Hall–Kier alpha value is -2.37. The zero-order valence-electron chi connectivity index (χ0n) is 9.48. The Morgan fingerprint density at radius 2 is 2.18 bits per heavy atom. The molecule has 1 heterocycles. The lowest BCUT2D eigenvalue weighted by molar-refractivity contribution is 0.102. The van der Waals surface area contributed by atoms with Crippen LogP contribution in [0.5, 0.6) is 5.75 Å². The first-order valence-corrected chi connectivity index (χ1v) is 5.06. The molecule has 17 heavy (non-hydrogen) atoms. The van der Waals surface area contributed by atoms with E-state index in [9.17, 15) is 9.90 Å². The van der Waals surface area contributed by atoms with Crippen molar-refractivity contribution in [3.05, 3.63) is 35.2 Å². The summed E-state index contributed by atoms with van der Waals surface area (Å²) in [6.07, 6.45) is 0. The van der Waals surface area contributed by atoms with E-state index in [-0.39, 0.29) is 17.6 Å². The van der Waals surface area contributed by atoms with E-state index in [4.69, 9.17) is 0 Å². The fourth-order valence-corrected chi connectivity index (χ4v) is 1.32. The van der Waals surface area contributed by atoms with Crippen LogP contribution >= 0.6 is 0 Å². The zero-order valence-corrected chi connectivity index (χ0v) is 9.48. The van der Waals surface area contributed by atoms with Crippen LogP contribution in [0.15, 0.2) is 18.2 Å². The molecule has 0 aliphatic carbocycles. The third-order valence-electron chi connectivity index (χ3n) is 2.29. The van der Waals surface area contributed by atoms with Crippen molar-refractivity contribution in [2.75, 3.05) is 5.32 Å². The Kier molecular flexibility index (Phi) is 2.78. The maximum atomic E-state index is 11.8. The number of nitrogens with one attached hydrogen (secondary N) is 2. The molecule has 0 spiro atoms. The number of amides is 1. The first-order chi connectivity index (χ1) is 8.06. The Labute approximate surface area is 97.7 Å². The van der Waals surface area contributed by atoms with E-state index in [1.165, 1.54) is 6.07 Å². The van der Waals surface area contributed by atoms with Crippen LogP contribution in [-0.4, -0.2) is 26.2 Å². The van der Waals surface area contributed by atoms with Gasteiger partial charge in [-0.25, -0.2) is 0 Å². The largest absolute Gasteiger partial charge is 0.508 e. The van der Waals surface area contributed by atoms with Crippen LogP contribution in [0.3, 0.4) is 0 Å². The maximum absolute atomic E-state index is 11.8. The number of aryl methyl sites for hydroxylation is 2. The Balaban J connectivity index is 2.17. The second-order valence-electron chi connectivity index (χ2n) is 3.70. The van der Waals surface area contributed by atoms with Crippen molar-refractivity contribution in [2.24, 2.45) is 0 Å². The molecule has 6 heteroatoms. The van der Waals surface area contributed by atoms with Crippen molar-refractivity contribution in [1.29, 1.82) is 0 Å². The number of hydrogen-bond donors (Lipinski definition) is 3. The highest BCUT2D eigenvalue weighted by Crippen LogP contribution is 2.17. The molecule has 88 valence electrons. The molecule has 6 nitrogen and oxygen atoms in total. The molecule has 1 aromatic heterocycles. The molecule has 0 saturated heterocycles. The van der Waals surface area contributed by atoms with Crippen LogP contribution in [-0.2, 0) is 0 Å². The number of anilines is 1. The fourth-order valence-electron chi connectivity index (χ4n) is 1.32. The van der Waals surface area contributed by atoms with Gasteiger partial charge in [-0.3, -0.25) is 15.2 Å². The number of hydrogen-bond acceptors (Lipinski definition) is 4. The third-order valence-corrected chi connectivity index (χ3v) is 2.29. The monoisotopic (exact) mass is 232 g/mol. The predicted molar refractivity (Wildman–Crippen MR) is 61.9 cm³/mol. The van der Waals surface area contributed by atoms with E-state index in [1.807, 2.05) is 0 Å². The number of H-pyrrole nitrogens is 1. The van der Waals surface area contributed by atoms with Crippen LogP contribution in [0, 0.1) is 13.8 Å². The number of carbonyl (C=O) groups excluding carboxylic acids is 1. The summed E-state index contributed by atoms with van der Waals surface area (Å²) in [6, 6.07) is 4.71. The van der Waals surface area contributed by atoms with Gasteiger partial charge < -0.3 is 5.11 Å². The summed E-state index contributed by atoms with van der Waals surface area (Å²) in [5, 5.41) is 18.4. The number of aromatic amines is 1. The van der Waals surface area contributed by atoms with Crippen LogP contribution in [0.4, 0.5) is 5.95 Å². The van der Waals surface area contributed by atoms with Gasteiger partial charge in [-0.15, -0.1) is 5.10 Å². The molecule has 1 amide bonds. The van der Waals surface area contributed by atoms with E-state index in [0.29, 0.717) is 11.4 Å². The molecule has 0 aliphatic rings. The molecule has 1 aromatic carbocycles. The summed E-state index contributed by atoms with van der Waals surface area (Å²) in [5.74, 6) is 0.558. The summed E-state index contributed by atoms with van der Waals surface area (Å²) in [7, 11) is 0. The van der Waals surface area contributed by atoms with Crippen LogP contribution in [0.2, 0.25) is 0 Å². The molecule has 0 aliphatic heterocycles. The Morgan fingerprint density at radius 3 is 2.76 bits per heavy atom. The highest BCUT2D eigenvalue weighted by atomic mass is 16.3. The maximum Gasteiger partial charge on any atom is 0.258 e. The standard InChI is InChI=1S/C11H12N4O2/c1-6-3-4-8(5-9(6)16)10(17)13-11-12-7(2)14-15-11/h3-5,16H,1-2H3,(H2,12,13,14,15,17). The summed E-state index contributed by atoms with van der Waals surface area (Å²) in [4.78, 5) is 15.7. The molecule has 2 rings (SSSR count). The highest BCUT2D eigenvalue weighted by molar-refractivity contribution is 6.03. The molecule has 0 bridgehead atoms. The normalized spacial score (nSPS) is 10.2. The molecule has 0 unspecified atom stereocenters. The van der Waals surface area contributed by atoms with Crippen LogP contribution in [0.25, 0.3) is 0 Å². The van der Waals surface area contributed by atoms with Gasteiger partial charge in [-0.2, -0.15) is 4.98 Å². The summed E-state index contributed by atoms with van der Waals surface area (Å²) < 4.78 is 0. The van der Waals surface area contributed by atoms with Crippen molar-refractivity contribution >= 4 is 11.9 Å². The average molecular weight is 232 g/mol. The smallest absolute Gasteiger partial charge is 0.258 e. The van der Waals surface area contributed by atoms with E-state index in [2.05, 4.69) is 20.5 Å². The van der Waals surface area contributed by atoms with Crippen molar-refractivity contribution in [1.82, 2.24) is 15.2 Å². The first-order valence-electron chi connectivity index (χ1n) is 5.06. The van der Waals surface area contributed by atoms with E-state index >= 15 is 0 Å². The van der Waals surface area contributed by atoms with E-state index in [1.54, 1.807) is 26.0 Å². The van der Waals surface area contributed by atoms with Gasteiger partial charge in [0.05, 0.1) is 0 Å². The highest BCUT2D eigenvalue weighted by Gasteiger charge is 2.10. The Bertz CT molecular complexity index is 562. The fraction of sp³-hybridized carbons (Fsp3) is 0.182. The quantitative estimate of drug-likeness (QED) is 0.729. The SMILES string of the molecule is Cc1nc(NC(=O)c2ccc(C)c(O)c2)n[nH]1. The van der Waals surface area contributed by atoms with Gasteiger partial charge in [0.15, 0.2) is 0 Å². The predicted octanol–water partition coefficient (Wildman–Crippen LogP) is 1.38. The molecule has 2 aromatic rings. The van der Waals surface area contributed by atoms with Gasteiger partial charge >= 0.3 is 0 Å². The number of nitrogens with zero attached hydrogens (tertiary/aromatic N) is 2. The van der Waals surface area contributed by atoms with Gasteiger partial charge in [-0.05, 0) is 31.5 Å². The lowest BCUT2D eigenvalue weighted by Crippen LogP contribution is -2.13. The lowest BCUT2D eigenvalue weighted by atomic mass is 10.1. The number of benzene rings is 1. The number of carbonyl (C=O) groups is 1. The van der Waals surface area contributed by atoms with Crippen molar-refractivity contribution in [3.8, 4) is 5.75 Å². The van der Waals surface area contributed by atoms with Gasteiger partial charge in [0, 0.05) is 5.56 Å². The Morgan fingerprint density at radius 1 is 1.41 bits per heavy atom. The van der Waals surface area contributed by atoms with Crippen molar-refractivity contribution in [3.63, 3.8) is 0 Å². The number of aromatic hydroxyl groups is 1. The number of rotatable bonds is 2. The molecule has 0 radical (unpaired) electrons. The van der Waals surface area contributed by atoms with Crippen LogP contribution in [0.1, 0.15) is 21.7 Å². The minimum absolute atomic E-state index is 0.0869. The average Bonchev–Trinajstić information content (AvgIpc) is 2.68. The third kappa shape index (κ3) is 2.41. The lowest BCUT2D eigenvalue weighted by Gasteiger charge is -2.03. The van der Waals surface area contributed by atoms with E-state index in [0.717, 1.165) is 5.56 Å². The topological polar surface area (TPSA) is 90.9 Å². The van der Waals surface area contributed by atoms with Gasteiger partial charge in [0.1, 0.15) is 11.6 Å².